The van der Waals surface area contributed by atoms with Gasteiger partial charge >= 0.3 is 5.97 Å². The molecule has 0 bridgehead atoms. The summed E-state index contributed by atoms with van der Waals surface area (Å²) in [7, 11) is 1.21. The topological polar surface area (TPSA) is 114 Å². The number of phosphoric acid groups is 1. The molecule has 84 heavy (non-hydrogen) atoms. The molecule has 0 aromatic heterocycles. The zero-order valence-electron chi connectivity index (χ0n) is 57.4. The smallest absolute Gasteiger partial charge is 0.306 e. The third kappa shape index (κ3) is 65.2. The van der Waals surface area contributed by atoms with E-state index in [0.29, 0.717) is 17.4 Å². The molecule has 10 heteroatoms. The summed E-state index contributed by atoms with van der Waals surface area (Å²) in [6, 6.07) is -0.881. The number of hydrogen-bond donors (Lipinski definition) is 1. The molecule has 3 unspecified atom stereocenters. The fourth-order valence-electron chi connectivity index (χ4n) is 11.7. The van der Waals surface area contributed by atoms with Gasteiger partial charge < -0.3 is 28.5 Å². The number of esters is 1. The van der Waals surface area contributed by atoms with Crippen LogP contribution in [0.2, 0.25) is 0 Å². The standard InChI is InChI=1S/C74H147N2O7P/c1-7-10-13-16-19-22-25-28-30-32-34-35-36-37-38-39-40-41-43-45-47-49-52-55-58-61-64-67-74(78)83-72(65-62-59-56-53-50-27-24-21-18-15-12-9-3)71(70-82-84(79,80)81-69-68-76(4,5)6)75-73(77)66-63-60-57-54-51-48-46-44-42-33-31-29-26-23-20-17-14-11-8-2/h62,65,71-72H,7-61,63-64,66-70H2,1-6H3,(H-,75,77,79,80)/b65-62-. The van der Waals surface area contributed by atoms with Crippen molar-refractivity contribution < 1.29 is 37.3 Å². The summed E-state index contributed by atoms with van der Waals surface area (Å²) in [5, 5.41) is 3.05. The largest absolute Gasteiger partial charge is 0.756 e. The van der Waals surface area contributed by atoms with Crippen LogP contribution in [0.15, 0.2) is 12.2 Å². The highest BCUT2D eigenvalue weighted by atomic mass is 31.2. The van der Waals surface area contributed by atoms with Crippen LogP contribution in [0.25, 0.3) is 0 Å². The molecule has 0 aliphatic heterocycles. The van der Waals surface area contributed by atoms with Gasteiger partial charge in [-0.05, 0) is 31.8 Å². The Morgan fingerprint density at radius 1 is 0.405 bits per heavy atom. The maximum atomic E-state index is 13.6. The summed E-state index contributed by atoms with van der Waals surface area (Å²) >= 11 is 0. The second kappa shape index (κ2) is 64.7. The van der Waals surface area contributed by atoms with Crippen molar-refractivity contribution in [3.63, 3.8) is 0 Å². The molecule has 0 spiro atoms. The van der Waals surface area contributed by atoms with Crippen LogP contribution in [0.4, 0.5) is 0 Å². The minimum atomic E-state index is -4.70. The van der Waals surface area contributed by atoms with Gasteiger partial charge in [0, 0.05) is 12.8 Å². The molecule has 3 atom stereocenters. The van der Waals surface area contributed by atoms with Crippen LogP contribution in [0.1, 0.15) is 400 Å². The van der Waals surface area contributed by atoms with E-state index in [0.717, 1.165) is 57.8 Å². The number of amides is 1. The van der Waals surface area contributed by atoms with Crippen LogP contribution >= 0.6 is 7.82 Å². The summed E-state index contributed by atoms with van der Waals surface area (Å²) in [6.07, 6.45) is 77.8. The van der Waals surface area contributed by atoms with Crippen molar-refractivity contribution in [2.24, 2.45) is 0 Å². The molecule has 0 radical (unpaired) electrons. The quantitative estimate of drug-likeness (QED) is 0.0212. The highest BCUT2D eigenvalue weighted by Crippen LogP contribution is 2.38. The van der Waals surface area contributed by atoms with Gasteiger partial charge in [-0.25, -0.2) is 0 Å². The van der Waals surface area contributed by atoms with Gasteiger partial charge in [0.1, 0.15) is 19.3 Å². The van der Waals surface area contributed by atoms with Crippen LogP contribution in [0.5, 0.6) is 0 Å². The van der Waals surface area contributed by atoms with Gasteiger partial charge in [0.15, 0.2) is 0 Å². The summed E-state index contributed by atoms with van der Waals surface area (Å²) in [6.45, 7) is 6.93. The number of allylic oxidation sites excluding steroid dienone is 1. The number of ether oxygens (including phenoxy) is 1. The van der Waals surface area contributed by atoms with E-state index < -0.39 is 20.0 Å². The SMILES string of the molecule is CCCCCCCCCCCC/C=C\C(OC(=O)CCCCCCCCCCCCCCCCCCCCCCCCCCCCC)C(COP(=O)([O-])OCC[N+](C)(C)C)NC(=O)CCCCCCCCCCCCCCCCCCCCC. The lowest BCUT2D eigenvalue weighted by Gasteiger charge is -2.30. The maximum Gasteiger partial charge on any atom is 0.306 e. The summed E-state index contributed by atoms with van der Waals surface area (Å²) < 4.78 is 30.5. The monoisotopic (exact) mass is 1210 g/mol. The van der Waals surface area contributed by atoms with Crippen molar-refractivity contribution in [2.45, 2.75) is 412 Å². The summed E-state index contributed by atoms with van der Waals surface area (Å²) in [4.78, 5) is 40.2. The van der Waals surface area contributed by atoms with E-state index in [1.807, 2.05) is 33.3 Å². The Kier molecular flexibility index (Phi) is 63.8. The first-order valence-electron chi connectivity index (χ1n) is 37.5. The Hall–Kier alpha value is -1.25. The van der Waals surface area contributed by atoms with Crippen molar-refractivity contribution in [3.8, 4) is 0 Å². The van der Waals surface area contributed by atoms with E-state index in [1.165, 1.54) is 308 Å². The average Bonchev–Trinajstić information content (AvgIpc) is 3.65. The highest BCUT2D eigenvalue weighted by Gasteiger charge is 2.27. The van der Waals surface area contributed by atoms with E-state index in [4.69, 9.17) is 13.8 Å². The fraction of sp³-hybridized carbons (Fsp3) is 0.946. The third-order valence-corrected chi connectivity index (χ3v) is 18.4. The molecule has 500 valence electrons. The van der Waals surface area contributed by atoms with E-state index >= 15 is 0 Å². The van der Waals surface area contributed by atoms with Gasteiger partial charge in [-0.2, -0.15) is 0 Å². The van der Waals surface area contributed by atoms with Crippen molar-refractivity contribution in [3.05, 3.63) is 12.2 Å². The normalized spacial score (nSPS) is 13.5. The molecule has 0 saturated carbocycles. The van der Waals surface area contributed by atoms with Crippen LogP contribution in [0.3, 0.4) is 0 Å². The second-order valence-corrected chi connectivity index (χ2v) is 28.6. The van der Waals surface area contributed by atoms with Crippen molar-refractivity contribution >= 4 is 19.7 Å². The number of unbranched alkanes of at least 4 members (excludes halogenated alkanes) is 54. The Bertz CT molecular complexity index is 1440. The third-order valence-electron chi connectivity index (χ3n) is 17.5. The van der Waals surface area contributed by atoms with E-state index in [2.05, 4.69) is 26.1 Å². The van der Waals surface area contributed by atoms with Crippen molar-refractivity contribution in [1.82, 2.24) is 5.32 Å². The highest BCUT2D eigenvalue weighted by molar-refractivity contribution is 7.45. The Morgan fingerprint density at radius 2 is 0.679 bits per heavy atom. The Balaban J connectivity index is 4.92. The fourth-order valence-corrected chi connectivity index (χ4v) is 12.4. The number of quaternary nitrogens is 1. The predicted molar refractivity (Wildman–Crippen MR) is 363 cm³/mol. The zero-order valence-corrected chi connectivity index (χ0v) is 58.3. The first-order chi connectivity index (χ1) is 40.9. The molecule has 1 N–H and O–H groups in total. The number of nitrogens with zero attached hydrogens (tertiary/aromatic N) is 1. The number of carbonyl (C=O) groups excluding carboxylic acids is 2. The zero-order chi connectivity index (χ0) is 61.4. The molecule has 0 aliphatic rings. The maximum absolute atomic E-state index is 13.6. The average molecular weight is 1210 g/mol. The molecule has 0 fully saturated rings. The molecule has 9 nitrogen and oxygen atoms in total. The van der Waals surface area contributed by atoms with Crippen LogP contribution in [0, 0.1) is 0 Å². The van der Waals surface area contributed by atoms with Gasteiger partial charge in [-0.1, -0.05) is 367 Å². The van der Waals surface area contributed by atoms with Crippen molar-refractivity contribution in [1.29, 1.82) is 0 Å². The van der Waals surface area contributed by atoms with Crippen LogP contribution in [-0.2, 0) is 27.9 Å². The molecule has 1 amide bonds. The molecule has 0 aromatic rings. The minimum absolute atomic E-state index is 0.0163. The molecule has 0 saturated heterocycles. The van der Waals surface area contributed by atoms with Gasteiger partial charge in [-0.15, -0.1) is 0 Å². The summed E-state index contributed by atoms with van der Waals surface area (Å²) in [5.41, 5.74) is 0. The lowest BCUT2D eigenvalue weighted by atomic mass is 10.0. The van der Waals surface area contributed by atoms with Crippen LogP contribution in [-0.4, -0.2) is 69.4 Å². The van der Waals surface area contributed by atoms with Crippen molar-refractivity contribution in [2.75, 3.05) is 40.9 Å². The van der Waals surface area contributed by atoms with Gasteiger partial charge in [0.25, 0.3) is 7.82 Å². The Labute approximate surface area is 524 Å². The number of likely N-dealkylation sites (N-methyl/N-ethyl adjacent to an activating group) is 1. The van der Waals surface area contributed by atoms with E-state index in [9.17, 15) is 19.0 Å². The lowest BCUT2D eigenvalue weighted by Crippen LogP contribution is -2.47. The van der Waals surface area contributed by atoms with E-state index in [1.54, 1.807) is 0 Å². The first-order valence-corrected chi connectivity index (χ1v) is 39.0. The molecule has 0 rings (SSSR count). The van der Waals surface area contributed by atoms with E-state index in [-0.39, 0.29) is 31.5 Å². The summed E-state index contributed by atoms with van der Waals surface area (Å²) in [5.74, 6) is -0.511. The molecule has 0 aromatic carbocycles. The number of hydrogen-bond acceptors (Lipinski definition) is 7. The number of phosphoric ester groups is 1. The van der Waals surface area contributed by atoms with Gasteiger partial charge in [0.05, 0.1) is 33.8 Å². The molecule has 0 aliphatic carbocycles. The molecular weight excluding hydrogens is 1060 g/mol. The minimum Gasteiger partial charge on any atom is -0.756 e. The lowest BCUT2D eigenvalue weighted by molar-refractivity contribution is -0.870. The predicted octanol–water partition coefficient (Wildman–Crippen LogP) is 23.2. The van der Waals surface area contributed by atoms with Gasteiger partial charge in [0.2, 0.25) is 5.91 Å². The number of nitrogens with one attached hydrogen (secondary N) is 1. The molecular formula is C74H147N2O7P. The molecule has 0 heterocycles. The second-order valence-electron chi connectivity index (χ2n) is 27.2. The number of carbonyl (C=O) groups is 2. The van der Waals surface area contributed by atoms with Gasteiger partial charge in [-0.3, -0.25) is 14.2 Å². The first kappa shape index (κ1) is 82.8. The Morgan fingerprint density at radius 3 is 0.976 bits per heavy atom. The number of rotatable bonds is 70. The van der Waals surface area contributed by atoms with Crippen LogP contribution < -0.4 is 10.2 Å².